The first-order valence-electron chi connectivity index (χ1n) is 10.2. The Labute approximate surface area is 186 Å². The average Bonchev–Trinajstić information content (AvgIpc) is 3.24. The van der Waals surface area contributed by atoms with Gasteiger partial charge in [-0.15, -0.1) is 0 Å². The van der Waals surface area contributed by atoms with E-state index >= 15 is 0 Å². The molecule has 2 N–H and O–H groups in total. The van der Waals surface area contributed by atoms with Crippen LogP contribution in [-0.2, 0) is 0 Å². The minimum atomic E-state index is -0.476. The molecule has 1 heterocycles. The van der Waals surface area contributed by atoms with Gasteiger partial charge in [-0.05, 0) is 42.3 Å². The number of methoxy groups -OCH3 is 3. The van der Waals surface area contributed by atoms with Crippen molar-refractivity contribution in [2.45, 2.75) is 13.0 Å². The van der Waals surface area contributed by atoms with Crippen LogP contribution in [0, 0.1) is 6.92 Å². The Morgan fingerprint density at radius 2 is 1.62 bits per heavy atom. The molecule has 0 spiro atoms. The van der Waals surface area contributed by atoms with E-state index < -0.39 is 6.04 Å². The van der Waals surface area contributed by atoms with Gasteiger partial charge in [-0.3, -0.25) is 4.79 Å². The van der Waals surface area contributed by atoms with Crippen LogP contribution < -0.4 is 19.5 Å². The van der Waals surface area contributed by atoms with Gasteiger partial charge in [0.25, 0.3) is 5.91 Å². The molecule has 0 bridgehead atoms. The number of benzene rings is 3. The summed E-state index contributed by atoms with van der Waals surface area (Å²) in [6, 6.07) is 18.5. The molecule has 0 aliphatic rings. The smallest absolute Gasteiger partial charge is 0.252 e. The maximum Gasteiger partial charge on any atom is 0.252 e. The second-order valence-electron chi connectivity index (χ2n) is 7.37. The first-order valence-corrected chi connectivity index (χ1v) is 10.2. The highest BCUT2D eigenvalue weighted by Gasteiger charge is 2.23. The van der Waals surface area contributed by atoms with Crippen LogP contribution in [0.15, 0.2) is 60.7 Å². The second kappa shape index (κ2) is 9.01. The average molecular weight is 431 g/mol. The molecule has 0 saturated heterocycles. The molecule has 1 amide bonds. The Bertz CT molecular complexity index is 1230. The topological polar surface area (TPSA) is 85.5 Å². The molecule has 4 rings (SSSR count). The van der Waals surface area contributed by atoms with Gasteiger partial charge in [0, 0.05) is 5.56 Å². The molecule has 1 atom stereocenters. The molecule has 7 nitrogen and oxygen atoms in total. The summed E-state index contributed by atoms with van der Waals surface area (Å²) in [5.74, 6) is 1.60. The first-order chi connectivity index (χ1) is 15.5. The molecule has 32 heavy (non-hydrogen) atoms. The molecule has 0 saturated carbocycles. The minimum Gasteiger partial charge on any atom is -0.493 e. The molecule has 7 heteroatoms. The van der Waals surface area contributed by atoms with Gasteiger partial charge in [-0.2, -0.15) is 0 Å². The van der Waals surface area contributed by atoms with Crippen LogP contribution in [0.25, 0.3) is 11.0 Å². The van der Waals surface area contributed by atoms with Gasteiger partial charge in [0.05, 0.1) is 32.4 Å². The number of rotatable bonds is 7. The van der Waals surface area contributed by atoms with Crippen molar-refractivity contribution in [1.82, 2.24) is 15.3 Å². The monoisotopic (exact) mass is 431 g/mol. The number of hydrogen-bond donors (Lipinski definition) is 2. The number of amides is 1. The number of nitrogens with one attached hydrogen (secondary N) is 2. The number of imidazole rings is 1. The lowest BCUT2D eigenvalue weighted by Gasteiger charge is -2.19. The Balaban J connectivity index is 1.74. The fourth-order valence-corrected chi connectivity index (χ4v) is 3.66. The van der Waals surface area contributed by atoms with E-state index in [1.807, 2.05) is 55.5 Å². The SMILES string of the molecule is COc1cc(C(=O)NC(c2ccccc2)c2nc3ccc(C)cc3[nH]2)cc(OC)c1OC. The number of ether oxygens (including phenoxy) is 3. The van der Waals surface area contributed by atoms with Gasteiger partial charge in [-0.1, -0.05) is 36.4 Å². The summed E-state index contributed by atoms with van der Waals surface area (Å²) in [6.07, 6.45) is 0. The van der Waals surface area contributed by atoms with E-state index in [-0.39, 0.29) is 5.91 Å². The molecule has 1 aromatic heterocycles. The van der Waals surface area contributed by atoms with E-state index in [2.05, 4.69) is 10.3 Å². The summed E-state index contributed by atoms with van der Waals surface area (Å²) in [5, 5.41) is 3.10. The second-order valence-corrected chi connectivity index (χ2v) is 7.37. The van der Waals surface area contributed by atoms with Crippen molar-refractivity contribution >= 4 is 16.9 Å². The molecule has 3 aromatic carbocycles. The molecule has 1 unspecified atom stereocenters. The van der Waals surface area contributed by atoms with E-state index in [1.54, 1.807) is 12.1 Å². The number of hydrogen-bond acceptors (Lipinski definition) is 5. The molecule has 0 radical (unpaired) electrons. The van der Waals surface area contributed by atoms with E-state index in [1.165, 1.54) is 21.3 Å². The third kappa shape index (κ3) is 4.09. The highest BCUT2D eigenvalue weighted by atomic mass is 16.5. The zero-order valence-corrected chi connectivity index (χ0v) is 18.4. The maximum absolute atomic E-state index is 13.3. The van der Waals surface area contributed by atoms with Gasteiger partial charge in [0.1, 0.15) is 11.9 Å². The van der Waals surface area contributed by atoms with Crippen LogP contribution in [0.1, 0.15) is 33.4 Å². The van der Waals surface area contributed by atoms with E-state index in [0.717, 1.165) is 22.2 Å². The molecular weight excluding hydrogens is 406 g/mol. The molecule has 164 valence electrons. The van der Waals surface area contributed by atoms with Crippen LogP contribution in [0.2, 0.25) is 0 Å². The normalized spacial score (nSPS) is 11.8. The van der Waals surface area contributed by atoms with Crippen molar-refractivity contribution in [3.05, 3.63) is 83.2 Å². The number of nitrogens with zero attached hydrogens (tertiary/aromatic N) is 1. The third-order valence-electron chi connectivity index (χ3n) is 5.26. The molecule has 0 aliphatic carbocycles. The number of carbonyl (C=O) groups is 1. The number of carbonyl (C=O) groups excluding carboxylic acids is 1. The summed E-state index contributed by atoms with van der Waals surface area (Å²) in [7, 11) is 4.55. The fraction of sp³-hybridized carbons (Fsp3) is 0.200. The van der Waals surface area contributed by atoms with E-state index in [9.17, 15) is 4.79 Å². The van der Waals surface area contributed by atoms with Gasteiger partial charge < -0.3 is 24.5 Å². The van der Waals surface area contributed by atoms with Gasteiger partial charge in [0.2, 0.25) is 5.75 Å². The number of aromatic nitrogens is 2. The largest absolute Gasteiger partial charge is 0.493 e. The van der Waals surface area contributed by atoms with Crippen LogP contribution in [-0.4, -0.2) is 37.2 Å². The van der Waals surface area contributed by atoms with E-state index in [0.29, 0.717) is 28.6 Å². The van der Waals surface area contributed by atoms with Crippen molar-refractivity contribution in [3.63, 3.8) is 0 Å². The maximum atomic E-state index is 13.3. The standard InChI is InChI=1S/C25H25N3O4/c1-15-10-11-18-19(12-15)27-24(26-18)22(16-8-6-5-7-9-16)28-25(29)17-13-20(30-2)23(32-4)21(14-17)31-3/h5-14,22H,1-4H3,(H,26,27)(H,28,29). The van der Waals surface area contributed by atoms with Crippen molar-refractivity contribution in [2.24, 2.45) is 0 Å². The van der Waals surface area contributed by atoms with Crippen LogP contribution in [0.4, 0.5) is 0 Å². The summed E-state index contributed by atoms with van der Waals surface area (Å²) in [4.78, 5) is 21.4. The molecule has 0 fully saturated rings. The third-order valence-corrected chi connectivity index (χ3v) is 5.26. The summed E-state index contributed by atoms with van der Waals surface area (Å²) >= 11 is 0. The first kappa shape index (κ1) is 21.2. The van der Waals surface area contributed by atoms with Crippen LogP contribution in [0.5, 0.6) is 17.2 Å². The fourth-order valence-electron chi connectivity index (χ4n) is 3.66. The van der Waals surface area contributed by atoms with Crippen molar-refractivity contribution < 1.29 is 19.0 Å². The number of aryl methyl sites for hydroxylation is 1. The van der Waals surface area contributed by atoms with Crippen molar-refractivity contribution in [2.75, 3.05) is 21.3 Å². The predicted octanol–water partition coefficient (Wildman–Crippen LogP) is 4.42. The quantitative estimate of drug-likeness (QED) is 0.453. The van der Waals surface area contributed by atoms with Gasteiger partial charge >= 0.3 is 0 Å². The predicted molar refractivity (Wildman–Crippen MR) is 123 cm³/mol. The van der Waals surface area contributed by atoms with Crippen LogP contribution >= 0.6 is 0 Å². The summed E-state index contributed by atoms with van der Waals surface area (Å²) < 4.78 is 16.1. The Kier molecular flexibility index (Phi) is 5.98. The zero-order chi connectivity index (χ0) is 22.7. The summed E-state index contributed by atoms with van der Waals surface area (Å²) in [6.45, 7) is 2.03. The zero-order valence-electron chi connectivity index (χ0n) is 18.4. The highest BCUT2D eigenvalue weighted by molar-refractivity contribution is 5.96. The van der Waals surface area contributed by atoms with Gasteiger partial charge in [0.15, 0.2) is 11.5 Å². The summed E-state index contributed by atoms with van der Waals surface area (Å²) in [5.41, 5.74) is 4.18. The molecule has 0 aliphatic heterocycles. The lowest BCUT2D eigenvalue weighted by Crippen LogP contribution is -2.30. The Morgan fingerprint density at radius 3 is 2.25 bits per heavy atom. The van der Waals surface area contributed by atoms with Crippen molar-refractivity contribution in [1.29, 1.82) is 0 Å². The number of H-pyrrole nitrogens is 1. The van der Waals surface area contributed by atoms with Gasteiger partial charge in [-0.25, -0.2) is 4.98 Å². The Morgan fingerprint density at radius 1 is 0.938 bits per heavy atom. The number of fused-ring (bicyclic) bond motifs is 1. The minimum absolute atomic E-state index is 0.297. The highest BCUT2D eigenvalue weighted by Crippen LogP contribution is 2.38. The molecular formula is C25H25N3O4. The number of aromatic amines is 1. The lowest BCUT2D eigenvalue weighted by molar-refractivity contribution is 0.0941. The van der Waals surface area contributed by atoms with Crippen LogP contribution in [0.3, 0.4) is 0 Å². The van der Waals surface area contributed by atoms with E-state index in [4.69, 9.17) is 19.2 Å². The lowest BCUT2D eigenvalue weighted by atomic mass is 10.1. The molecule has 4 aromatic rings. The van der Waals surface area contributed by atoms with Crippen molar-refractivity contribution in [3.8, 4) is 17.2 Å². The Hall–Kier alpha value is -4.00.